The molecule has 0 radical (unpaired) electrons. The van der Waals surface area contributed by atoms with Gasteiger partial charge < -0.3 is 15.1 Å². The van der Waals surface area contributed by atoms with Gasteiger partial charge >= 0.3 is 6.16 Å². The Bertz CT molecular complexity index is 163. The van der Waals surface area contributed by atoms with Crippen LogP contribution < -0.4 is 0 Å². The fourth-order valence-corrected chi connectivity index (χ4v) is 1.77. The second kappa shape index (κ2) is 10.4. The molecule has 17 heavy (non-hydrogen) atoms. The lowest BCUT2D eigenvalue weighted by Crippen LogP contribution is -2.34. The highest BCUT2D eigenvalue weighted by Crippen LogP contribution is 2.06. The zero-order valence-corrected chi connectivity index (χ0v) is 12.1. The van der Waals surface area contributed by atoms with Gasteiger partial charge in [0, 0.05) is 19.6 Å². The fourth-order valence-electron chi connectivity index (χ4n) is 1.77. The molecular formula is C13H29NO3. The molecule has 2 N–H and O–H groups in total. The molecule has 0 saturated heterocycles. The van der Waals surface area contributed by atoms with Gasteiger partial charge in [-0.25, -0.2) is 4.79 Å². The van der Waals surface area contributed by atoms with Crippen molar-refractivity contribution in [2.45, 2.75) is 41.5 Å². The summed E-state index contributed by atoms with van der Waals surface area (Å²) in [4.78, 5) is 11.2. The Morgan fingerprint density at radius 3 is 1.12 bits per heavy atom. The smallest absolute Gasteiger partial charge is 0.450 e. The Balaban J connectivity index is 0. The average Bonchev–Trinajstić information content (AvgIpc) is 1.96. The van der Waals surface area contributed by atoms with Crippen molar-refractivity contribution >= 4 is 6.16 Å². The first-order valence-corrected chi connectivity index (χ1v) is 6.29. The zero-order valence-electron chi connectivity index (χ0n) is 12.1. The Labute approximate surface area is 106 Å². The maximum Gasteiger partial charge on any atom is 0.503 e. The largest absolute Gasteiger partial charge is 0.503 e. The van der Waals surface area contributed by atoms with Crippen LogP contribution in [0, 0.1) is 17.8 Å². The van der Waals surface area contributed by atoms with E-state index >= 15 is 0 Å². The molecular weight excluding hydrogens is 218 g/mol. The second-order valence-electron chi connectivity index (χ2n) is 5.68. The summed E-state index contributed by atoms with van der Waals surface area (Å²) >= 11 is 0. The maximum atomic E-state index is 8.56. The Hall–Kier alpha value is -0.770. The number of carboxylic acid groups (broad SMARTS) is 2. The van der Waals surface area contributed by atoms with Crippen LogP contribution in [0.5, 0.6) is 0 Å². The molecule has 104 valence electrons. The average molecular weight is 247 g/mol. The van der Waals surface area contributed by atoms with Crippen LogP contribution in [0.25, 0.3) is 0 Å². The van der Waals surface area contributed by atoms with E-state index in [1.807, 2.05) is 0 Å². The summed E-state index contributed by atoms with van der Waals surface area (Å²) in [5, 5.41) is 13.9. The van der Waals surface area contributed by atoms with Crippen molar-refractivity contribution < 1.29 is 15.0 Å². The highest BCUT2D eigenvalue weighted by molar-refractivity contribution is 5.53. The minimum atomic E-state index is -1.83. The third-order valence-corrected chi connectivity index (χ3v) is 1.87. The summed E-state index contributed by atoms with van der Waals surface area (Å²) < 4.78 is 0. The number of hydrogen-bond donors (Lipinski definition) is 2. The summed E-state index contributed by atoms with van der Waals surface area (Å²) in [5.74, 6) is 2.37. The van der Waals surface area contributed by atoms with E-state index in [2.05, 4.69) is 46.4 Å². The van der Waals surface area contributed by atoms with Gasteiger partial charge in [-0.05, 0) is 17.8 Å². The monoisotopic (exact) mass is 247 g/mol. The highest BCUT2D eigenvalue weighted by atomic mass is 16.6. The van der Waals surface area contributed by atoms with E-state index in [1.54, 1.807) is 0 Å². The summed E-state index contributed by atoms with van der Waals surface area (Å²) in [6, 6.07) is 0. The number of nitrogens with zero attached hydrogens (tertiary/aromatic N) is 1. The van der Waals surface area contributed by atoms with Gasteiger partial charge in [-0.1, -0.05) is 41.5 Å². The molecule has 0 amide bonds. The number of rotatable bonds is 6. The van der Waals surface area contributed by atoms with Gasteiger partial charge in [0.2, 0.25) is 0 Å². The van der Waals surface area contributed by atoms with Crippen molar-refractivity contribution in [3.63, 3.8) is 0 Å². The predicted octanol–water partition coefficient (Wildman–Crippen LogP) is 3.48. The van der Waals surface area contributed by atoms with E-state index in [0.29, 0.717) is 0 Å². The van der Waals surface area contributed by atoms with Crippen LogP contribution in [0.4, 0.5) is 4.79 Å². The molecule has 0 unspecified atom stereocenters. The first-order valence-electron chi connectivity index (χ1n) is 6.29. The van der Waals surface area contributed by atoms with E-state index in [9.17, 15) is 0 Å². The van der Waals surface area contributed by atoms with Gasteiger partial charge in [0.15, 0.2) is 0 Å². The third kappa shape index (κ3) is 21.1. The quantitative estimate of drug-likeness (QED) is 0.754. The van der Waals surface area contributed by atoms with Crippen LogP contribution >= 0.6 is 0 Å². The standard InChI is InChI=1S/C12H27N.CH2O3/c1-10(2)7-13(8-11(3)4)9-12(5)6;2-1(3)4/h10-12H,7-9H2,1-6H3;(H2,2,3,4). The maximum absolute atomic E-state index is 8.56. The second-order valence-corrected chi connectivity index (χ2v) is 5.68. The van der Waals surface area contributed by atoms with E-state index in [1.165, 1.54) is 19.6 Å². The molecule has 0 aliphatic heterocycles. The van der Waals surface area contributed by atoms with Crippen molar-refractivity contribution in [3.8, 4) is 0 Å². The van der Waals surface area contributed by atoms with Crippen molar-refractivity contribution in [3.05, 3.63) is 0 Å². The summed E-state index contributed by atoms with van der Waals surface area (Å²) in [6.07, 6.45) is -1.83. The molecule has 0 saturated carbocycles. The van der Waals surface area contributed by atoms with Crippen molar-refractivity contribution in [2.75, 3.05) is 19.6 Å². The lowest BCUT2D eigenvalue weighted by Gasteiger charge is -2.27. The highest BCUT2D eigenvalue weighted by Gasteiger charge is 2.10. The molecule has 4 nitrogen and oxygen atoms in total. The minimum absolute atomic E-state index is 0.789. The fraction of sp³-hybridized carbons (Fsp3) is 0.923. The van der Waals surface area contributed by atoms with Gasteiger partial charge in [0.1, 0.15) is 0 Å². The van der Waals surface area contributed by atoms with Gasteiger partial charge in [-0.2, -0.15) is 0 Å². The van der Waals surface area contributed by atoms with E-state index in [0.717, 1.165) is 17.8 Å². The summed E-state index contributed by atoms with van der Waals surface area (Å²) in [6.45, 7) is 17.5. The van der Waals surface area contributed by atoms with Crippen LogP contribution in [-0.2, 0) is 0 Å². The normalized spacial score (nSPS) is 10.9. The predicted molar refractivity (Wildman–Crippen MR) is 71.6 cm³/mol. The topological polar surface area (TPSA) is 60.8 Å². The number of hydrogen-bond acceptors (Lipinski definition) is 2. The van der Waals surface area contributed by atoms with Gasteiger partial charge in [-0.3, -0.25) is 0 Å². The molecule has 0 bridgehead atoms. The van der Waals surface area contributed by atoms with E-state index < -0.39 is 6.16 Å². The van der Waals surface area contributed by atoms with Gasteiger partial charge in [0.25, 0.3) is 0 Å². The molecule has 0 rings (SSSR count). The van der Waals surface area contributed by atoms with Crippen LogP contribution in [0.1, 0.15) is 41.5 Å². The Morgan fingerprint density at radius 1 is 0.824 bits per heavy atom. The van der Waals surface area contributed by atoms with Crippen LogP contribution in [0.3, 0.4) is 0 Å². The van der Waals surface area contributed by atoms with Crippen LogP contribution in [-0.4, -0.2) is 40.9 Å². The lowest BCUT2D eigenvalue weighted by molar-refractivity contribution is 0.137. The molecule has 0 aromatic heterocycles. The lowest BCUT2D eigenvalue weighted by atomic mass is 10.1. The molecule has 0 aliphatic carbocycles. The van der Waals surface area contributed by atoms with Gasteiger partial charge in [-0.15, -0.1) is 0 Å². The zero-order chi connectivity index (χ0) is 14.0. The van der Waals surface area contributed by atoms with E-state index in [4.69, 9.17) is 15.0 Å². The first-order chi connectivity index (χ1) is 7.65. The number of carbonyl (C=O) groups is 1. The van der Waals surface area contributed by atoms with Crippen LogP contribution in [0.2, 0.25) is 0 Å². The first kappa shape index (κ1) is 18.6. The van der Waals surface area contributed by atoms with E-state index in [-0.39, 0.29) is 0 Å². The molecule has 0 aromatic carbocycles. The SMILES string of the molecule is CC(C)CN(CC(C)C)CC(C)C.O=C(O)O. The molecule has 0 atom stereocenters. The van der Waals surface area contributed by atoms with Crippen molar-refractivity contribution in [2.24, 2.45) is 17.8 Å². The summed E-state index contributed by atoms with van der Waals surface area (Å²) in [7, 11) is 0. The summed E-state index contributed by atoms with van der Waals surface area (Å²) in [5.41, 5.74) is 0. The Kier molecular flexibility index (Phi) is 11.4. The third-order valence-electron chi connectivity index (χ3n) is 1.87. The molecule has 4 heteroatoms. The molecule has 0 fully saturated rings. The van der Waals surface area contributed by atoms with Gasteiger partial charge in [0.05, 0.1) is 0 Å². The Morgan fingerprint density at radius 2 is 1.00 bits per heavy atom. The molecule has 0 aliphatic rings. The molecule has 0 spiro atoms. The van der Waals surface area contributed by atoms with Crippen LogP contribution in [0.15, 0.2) is 0 Å². The van der Waals surface area contributed by atoms with Crippen molar-refractivity contribution in [1.29, 1.82) is 0 Å². The van der Waals surface area contributed by atoms with Crippen molar-refractivity contribution in [1.82, 2.24) is 4.90 Å². The minimum Gasteiger partial charge on any atom is -0.450 e. The molecule has 0 heterocycles. The molecule has 0 aromatic rings.